The van der Waals surface area contributed by atoms with Gasteiger partial charge in [-0.15, -0.1) is 0 Å². The maximum Gasteiger partial charge on any atom is 0.253 e. The number of hydrogen-bond acceptors (Lipinski definition) is 4. The molecule has 0 bridgehead atoms. The molecule has 1 aromatic carbocycles. The number of carbonyl (C=O) groups excluding carboxylic acids is 1. The molecule has 0 aliphatic carbocycles. The summed E-state index contributed by atoms with van der Waals surface area (Å²) < 4.78 is 3.37. The zero-order valence-corrected chi connectivity index (χ0v) is 13.5. The topological polar surface area (TPSA) is 112 Å². The van der Waals surface area contributed by atoms with Crippen molar-refractivity contribution in [3.8, 4) is 11.4 Å². The lowest BCUT2D eigenvalue weighted by Crippen LogP contribution is -2.15. The van der Waals surface area contributed by atoms with Crippen LogP contribution in [0.25, 0.3) is 16.7 Å². The van der Waals surface area contributed by atoms with Gasteiger partial charge in [-0.1, -0.05) is 6.07 Å². The second kappa shape index (κ2) is 4.77. The Morgan fingerprint density at radius 2 is 1.91 bits per heavy atom. The van der Waals surface area contributed by atoms with Crippen molar-refractivity contribution < 1.29 is 9.90 Å². The van der Waals surface area contributed by atoms with Crippen LogP contribution in [0.4, 0.5) is 5.82 Å². The first-order valence-corrected chi connectivity index (χ1v) is 7.18. The van der Waals surface area contributed by atoms with Gasteiger partial charge in [0.1, 0.15) is 11.6 Å². The van der Waals surface area contributed by atoms with E-state index >= 15 is 0 Å². The average Bonchev–Trinajstić information content (AvgIpc) is 2.91. The minimum atomic E-state index is -0.599. The molecule has 2 aromatic heterocycles. The molecule has 0 aliphatic heterocycles. The summed E-state index contributed by atoms with van der Waals surface area (Å²) in [5, 5.41) is 15.2. The predicted octanol–water partition coefficient (Wildman–Crippen LogP) is 1.68. The Bertz CT molecular complexity index is 965. The van der Waals surface area contributed by atoms with Gasteiger partial charge in [0.05, 0.1) is 16.6 Å². The van der Waals surface area contributed by atoms with Crippen LogP contribution in [0.1, 0.15) is 27.2 Å². The number of benzene rings is 1. The zero-order valence-electron chi connectivity index (χ0n) is 13.5. The molecule has 0 unspecified atom stereocenters. The van der Waals surface area contributed by atoms with E-state index in [0.29, 0.717) is 22.3 Å². The molecule has 0 fully saturated rings. The Balaban J connectivity index is 2.54. The Morgan fingerprint density at radius 3 is 2.52 bits per heavy atom. The lowest BCUT2D eigenvalue weighted by atomic mass is 10.1. The Morgan fingerprint density at radius 1 is 1.26 bits per heavy atom. The number of fused-ring (bicyclic) bond motifs is 1. The van der Waals surface area contributed by atoms with Crippen molar-refractivity contribution in [3.63, 3.8) is 0 Å². The maximum atomic E-state index is 11.9. The molecular formula is C16H19N5O2. The number of aromatic nitrogens is 3. The minimum Gasteiger partial charge on any atom is -0.508 e. The van der Waals surface area contributed by atoms with Gasteiger partial charge in [-0.2, -0.15) is 5.10 Å². The number of carbonyl (C=O) groups is 1. The highest BCUT2D eigenvalue weighted by Gasteiger charge is 2.26. The molecule has 7 nitrogen and oxygen atoms in total. The number of nitrogens with zero attached hydrogens (tertiary/aromatic N) is 3. The lowest BCUT2D eigenvalue weighted by Gasteiger charge is -2.15. The number of nitrogens with two attached hydrogens (primary N) is 2. The molecule has 2 heterocycles. The highest BCUT2D eigenvalue weighted by atomic mass is 16.3. The number of hydrogen-bond donors (Lipinski definition) is 3. The van der Waals surface area contributed by atoms with E-state index in [2.05, 4.69) is 5.10 Å². The van der Waals surface area contributed by atoms with Crippen molar-refractivity contribution in [2.75, 3.05) is 5.73 Å². The van der Waals surface area contributed by atoms with E-state index in [1.54, 1.807) is 35.4 Å². The average molecular weight is 313 g/mol. The molecule has 0 atom stereocenters. The van der Waals surface area contributed by atoms with Crippen LogP contribution < -0.4 is 11.5 Å². The van der Waals surface area contributed by atoms with E-state index in [-0.39, 0.29) is 17.1 Å². The molecular weight excluding hydrogens is 294 g/mol. The van der Waals surface area contributed by atoms with Gasteiger partial charge in [0, 0.05) is 18.3 Å². The fraction of sp³-hybridized carbons (Fsp3) is 0.250. The molecule has 1 amide bonds. The molecule has 0 saturated heterocycles. The van der Waals surface area contributed by atoms with Gasteiger partial charge in [-0.3, -0.25) is 14.0 Å². The first-order valence-electron chi connectivity index (χ1n) is 7.18. The third-order valence-corrected chi connectivity index (χ3v) is 4.35. The SMILES string of the molecule is Cc1ccc(O)c(C)c1-n1c(N)c(C(N)=O)c2c(C)n(C)nc21. The third-order valence-electron chi connectivity index (χ3n) is 4.35. The second-order valence-corrected chi connectivity index (χ2v) is 5.74. The summed E-state index contributed by atoms with van der Waals surface area (Å²) in [6, 6.07) is 3.42. The fourth-order valence-corrected chi connectivity index (χ4v) is 3.04. The first-order chi connectivity index (χ1) is 10.8. The van der Waals surface area contributed by atoms with Crippen molar-refractivity contribution in [3.05, 3.63) is 34.5 Å². The molecule has 7 heteroatoms. The highest BCUT2D eigenvalue weighted by Crippen LogP contribution is 2.36. The number of aromatic hydroxyl groups is 1. The fourth-order valence-electron chi connectivity index (χ4n) is 3.04. The van der Waals surface area contributed by atoms with Crippen molar-refractivity contribution in [1.29, 1.82) is 0 Å². The zero-order chi connectivity index (χ0) is 17.0. The Kier molecular flexibility index (Phi) is 3.10. The van der Waals surface area contributed by atoms with Gasteiger partial charge in [0.2, 0.25) is 0 Å². The number of phenolic OH excluding ortho intramolecular Hbond substituents is 1. The largest absolute Gasteiger partial charge is 0.508 e. The van der Waals surface area contributed by atoms with Crippen LogP contribution in [0.3, 0.4) is 0 Å². The molecule has 0 saturated carbocycles. The second-order valence-electron chi connectivity index (χ2n) is 5.74. The van der Waals surface area contributed by atoms with E-state index in [1.165, 1.54) is 0 Å². The quantitative estimate of drug-likeness (QED) is 0.668. The van der Waals surface area contributed by atoms with Crippen molar-refractivity contribution in [1.82, 2.24) is 14.3 Å². The molecule has 120 valence electrons. The van der Waals surface area contributed by atoms with Crippen LogP contribution in [0.2, 0.25) is 0 Å². The molecule has 5 N–H and O–H groups in total. The van der Waals surface area contributed by atoms with Crippen LogP contribution >= 0.6 is 0 Å². The van der Waals surface area contributed by atoms with Gasteiger partial charge < -0.3 is 16.6 Å². The van der Waals surface area contributed by atoms with E-state index in [9.17, 15) is 9.90 Å². The minimum absolute atomic E-state index is 0.153. The van der Waals surface area contributed by atoms with Crippen LogP contribution in [-0.4, -0.2) is 25.4 Å². The molecule has 3 aromatic rings. The summed E-state index contributed by atoms with van der Waals surface area (Å²) >= 11 is 0. The van der Waals surface area contributed by atoms with E-state index in [1.807, 2.05) is 13.8 Å². The summed E-state index contributed by atoms with van der Waals surface area (Å²) in [5.41, 5.74) is 15.6. The Hall–Kier alpha value is -2.96. The lowest BCUT2D eigenvalue weighted by molar-refractivity contribution is 0.100. The molecule has 23 heavy (non-hydrogen) atoms. The van der Waals surface area contributed by atoms with Crippen molar-refractivity contribution >= 4 is 22.8 Å². The number of anilines is 1. The van der Waals surface area contributed by atoms with Gasteiger partial charge in [-0.25, -0.2) is 0 Å². The van der Waals surface area contributed by atoms with Crippen LogP contribution in [0.5, 0.6) is 5.75 Å². The summed E-state index contributed by atoms with van der Waals surface area (Å²) in [7, 11) is 1.79. The number of rotatable bonds is 2. The van der Waals surface area contributed by atoms with Crippen LogP contribution in [-0.2, 0) is 7.05 Å². The standard InChI is InChI=1S/C16H19N5O2/c1-7-5-6-10(22)8(2)13(7)21-14(17)12(15(18)23)11-9(3)20(4)19-16(11)21/h5-6,22H,17H2,1-4H3,(H2,18,23). The predicted molar refractivity (Wildman–Crippen MR) is 88.8 cm³/mol. The highest BCUT2D eigenvalue weighted by molar-refractivity contribution is 6.11. The monoisotopic (exact) mass is 313 g/mol. The number of primary amides is 1. The summed E-state index contributed by atoms with van der Waals surface area (Å²) in [6.07, 6.45) is 0. The first kappa shape index (κ1) is 15.0. The number of nitrogen functional groups attached to an aromatic ring is 1. The number of aryl methyl sites for hydroxylation is 3. The van der Waals surface area contributed by atoms with Gasteiger partial charge >= 0.3 is 0 Å². The summed E-state index contributed by atoms with van der Waals surface area (Å²) in [6.45, 7) is 5.56. The summed E-state index contributed by atoms with van der Waals surface area (Å²) in [4.78, 5) is 11.9. The van der Waals surface area contributed by atoms with Crippen molar-refractivity contribution in [2.24, 2.45) is 12.8 Å². The van der Waals surface area contributed by atoms with E-state index in [0.717, 1.165) is 11.3 Å². The maximum absolute atomic E-state index is 11.9. The summed E-state index contributed by atoms with van der Waals surface area (Å²) in [5.74, 6) is -0.214. The van der Waals surface area contributed by atoms with Crippen molar-refractivity contribution in [2.45, 2.75) is 20.8 Å². The third kappa shape index (κ3) is 1.89. The molecule has 0 radical (unpaired) electrons. The number of amides is 1. The number of phenols is 1. The van der Waals surface area contributed by atoms with E-state index in [4.69, 9.17) is 11.5 Å². The van der Waals surface area contributed by atoms with E-state index < -0.39 is 5.91 Å². The van der Waals surface area contributed by atoms with Crippen LogP contribution in [0, 0.1) is 20.8 Å². The Labute approximate surface area is 133 Å². The molecule has 0 spiro atoms. The smallest absolute Gasteiger partial charge is 0.253 e. The normalized spacial score (nSPS) is 11.3. The molecule has 3 rings (SSSR count). The van der Waals surface area contributed by atoms with Gasteiger partial charge in [-0.05, 0) is 32.4 Å². The van der Waals surface area contributed by atoms with Gasteiger partial charge in [0.15, 0.2) is 5.65 Å². The van der Waals surface area contributed by atoms with Crippen LogP contribution in [0.15, 0.2) is 12.1 Å². The molecule has 0 aliphatic rings. The van der Waals surface area contributed by atoms with Gasteiger partial charge in [0.25, 0.3) is 5.91 Å².